The van der Waals surface area contributed by atoms with E-state index in [0.717, 1.165) is 44.6 Å². The van der Waals surface area contributed by atoms with Crippen LogP contribution in [0.15, 0.2) is 54.6 Å². The highest BCUT2D eigenvalue weighted by Gasteiger charge is 2.21. The van der Waals surface area contributed by atoms with Crippen molar-refractivity contribution in [2.45, 2.75) is 31.5 Å². The van der Waals surface area contributed by atoms with Gasteiger partial charge in [-0.15, -0.1) is 0 Å². The zero-order valence-corrected chi connectivity index (χ0v) is 18.0. The topological polar surface area (TPSA) is 60.0 Å². The number of rotatable bonds is 8. The third-order valence-corrected chi connectivity index (χ3v) is 5.87. The van der Waals surface area contributed by atoms with Crippen LogP contribution in [0.2, 0.25) is 0 Å². The van der Waals surface area contributed by atoms with E-state index in [1.165, 1.54) is 5.56 Å². The van der Waals surface area contributed by atoms with Gasteiger partial charge in [0.05, 0.1) is 25.9 Å². The summed E-state index contributed by atoms with van der Waals surface area (Å²) >= 11 is 0. The molecule has 2 aliphatic heterocycles. The van der Waals surface area contributed by atoms with Gasteiger partial charge >= 0.3 is 0 Å². The quantitative estimate of drug-likeness (QED) is 0.706. The maximum absolute atomic E-state index is 12.5. The molecule has 166 valence electrons. The number of nitrogens with one attached hydrogen (secondary N) is 1. The Bertz CT molecular complexity index is 815. The van der Waals surface area contributed by atoms with E-state index >= 15 is 0 Å². The highest BCUT2D eigenvalue weighted by Crippen LogP contribution is 2.20. The first kappa shape index (κ1) is 21.8. The fraction of sp³-hybridized carbons (Fsp3) is 0.480. The van der Waals surface area contributed by atoms with Gasteiger partial charge in [0.15, 0.2) is 0 Å². The fourth-order valence-corrected chi connectivity index (χ4v) is 4.05. The van der Waals surface area contributed by atoms with Crippen molar-refractivity contribution in [3.05, 3.63) is 65.7 Å². The van der Waals surface area contributed by atoms with Crippen molar-refractivity contribution in [3.63, 3.8) is 0 Å². The van der Waals surface area contributed by atoms with Crippen molar-refractivity contribution < 1.29 is 19.0 Å². The number of hydrogen-bond acceptors (Lipinski definition) is 5. The van der Waals surface area contributed by atoms with Crippen LogP contribution in [-0.2, 0) is 15.9 Å². The smallest absolute Gasteiger partial charge is 0.251 e. The molecule has 0 aliphatic carbocycles. The predicted molar refractivity (Wildman–Crippen MR) is 120 cm³/mol. The zero-order chi connectivity index (χ0) is 21.3. The summed E-state index contributed by atoms with van der Waals surface area (Å²) in [6, 6.07) is 18.1. The zero-order valence-electron chi connectivity index (χ0n) is 18.0. The van der Waals surface area contributed by atoms with Crippen LogP contribution in [-0.4, -0.2) is 69.0 Å². The van der Waals surface area contributed by atoms with E-state index in [1.807, 2.05) is 24.3 Å². The Hall–Kier alpha value is -2.41. The van der Waals surface area contributed by atoms with Gasteiger partial charge in [-0.2, -0.15) is 0 Å². The van der Waals surface area contributed by atoms with Gasteiger partial charge in [-0.1, -0.05) is 36.4 Å². The molecular formula is C25H32N2O4. The summed E-state index contributed by atoms with van der Waals surface area (Å²) in [5.74, 6) is 0.642. The SMILES string of the molecule is O=C(NCC1COCCO1)c1cccc(OC2CCN(CCc3ccccc3)CC2)c1. The summed E-state index contributed by atoms with van der Waals surface area (Å²) in [5.41, 5.74) is 1.99. The van der Waals surface area contributed by atoms with Gasteiger partial charge in [0.2, 0.25) is 0 Å². The number of ether oxygens (including phenoxy) is 3. The molecule has 2 aromatic carbocycles. The van der Waals surface area contributed by atoms with E-state index < -0.39 is 0 Å². The fourth-order valence-electron chi connectivity index (χ4n) is 4.05. The second-order valence-electron chi connectivity index (χ2n) is 8.20. The number of carbonyl (C=O) groups excluding carboxylic acids is 1. The van der Waals surface area contributed by atoms with Gasteiger partial charge in [0, 0.05) is 31.7 Å². The van der Waals surface area contributed by atoms with E-state index in [-0.39, 0.29) is 18.1 Å². The van der Waals surface area contributed by atoms with Gasteiger partial charge in [0.25, 0.3) is 5.91 Å². The summed E-state index contributed by atoms with van der Waals surface area (Å²) in [6.07, 6.45) is 3.21. The van der Waals surface area contributed by atoms with Crippen molar-refractivity contribution in [1.29, 1.82) is 0 Å². The summed E-state index contributed by atoms with van der Waals surface area (Å²) in [4.78, 5) is 15.0. The van der Waals surface area contributed by atoms with E-state index in [9.17, 15) is 4.79 Å². The molecule has 2 aliphatic rings. The van der Waals surface area contributed by atoms with Gasteiger partial charge in [0.1, 0.15) is 11.9 Å². The van der Waals surface area contributed by atoms with Crippen LogP contribution < -0.4 is 10.1 Å². The van der Waals surface area contributed by atoms with E-state index in [4.69, 9.17) is 14.2 Å². The number of nitrogens with zero attached hydrogens (tertiary/aromatic N) is 1. The summed E-state index contributed by atoms with van der Waals surface area (Å²) in [7, 11) is 0. The van der Waals surface area contributed by atoms with Crippen molar-refractivity contribution in [2.75, 3.05) is 46.0 Å². The first-order valence-corrected chi connectivity index (χ1v) is 11.3. The van der Waals surface area contributed by atoms with Crippen molar-refractivity contribution in [1.82, 2.24) is 10.2 Å². The Balaban J connectivity index is 1.20. The van der Waals surface area contributed by atoms with Crippen molar-refractivity contribution in [2.24, 2.45) is 0 Å². The highest BCUT2D eigenvalue weighted by atomic mass is 16.6. The number of piperidine rings is 1. The van der Waals surface area contributed by atoms with Crippen LogP contribution in [0.5, 0.6) is 5.75 Å². The summed E-state index contributed by atoms with van der Waals surface area (Å²) < 4.78 is 17.1. The minimum atomic E-state index is -0.115. The van der Waals surface area contributed by atoms with Crippen LogP contribution in [0.4, 0.5) is 0 Å². The molecule has 0 radical (unpaired) electrons. The van der Waals surface area contributed by atoms with Crippen molar-refractivity contribution >= 4 is 5.91 Å². The largest absolute Gasteiger partial charge is 0.490 e. The lowest BCUT2D eigenvalue weighted by atomic mass is 10.1. The molecule has 6 heteroatoms. The molecule has 0 saturated carbocycles. The van der Waals surface area contributed by atoms with Gasteiger partial charge in [-0.05, 0) is 43.0 Å². The molecule has 2 heterocycles. The number of amides is 1. The van der Waals surface area contributed by atoms with Gasteiger partial charge in [-0.25, -0.2) is 0 Å². The number of carbonyl (C=O) groups is 1. The maximum atomic E-state index is 12.5. The van der Waals surface area contributed by atoms with E-state index in [0.29, 0.717) is 31.9 Å². The highest BCUT2D eigenvalue weighted by molar-refractivity contribution is 5.94. The lowest BCUT2D eigenvalue weighted by Crippen LogP contribution is -2.40. The minimum absolute atomic E-state index is 0.0794. The molecule has 6 nitrogen and oxygen atoms in total. The standard InChI is InChI=1S/C25H32N2O4/c28-25(26-18-24-19-29-15-16-30-24)21-7-4-8-23(17-21)31-22-10-13-27(14-11-22)12-9-20-5-2-1-3-6-20/h1-8,17,22,24H,9-16,18-19H2,(H,26,28). The van der Waals surface area contributed by atoms with Gasteiger partial charge < -0.3 is 24.4 Å². The van der Waals surface area contributed by atoms with Crippen molar-refractivity contribution in [3.8, 4) is 5.75 Å². The molecule has 1 amide bonds. The molecule has 0 bridgehead atoms. The Morgan fingerprint density at radius 3 is 2.68 bits per heavy atom. The Kier molecular flexibility index (Phi) is 7.93. The molecular weight excluding hydrogens is 392 g/mol. The van der Waals surface area contributed by atoms with Crippen LogP contribution >= 0.6 is 0 Å². The molecule has 0 aromatic heterocycles. The molecule has 0 spiro atoms. The van der Waals surface area contributed by atoms with E-state index in [1.54, 1.807) is 0 Å². The average Bonchev–Trinajstić information content (AvgIpc) is 2.83. The predicted octanol–water partition coefficient (Wildman–Crippen LogP) is 2.92. The van der Waals surface area contributed by atoms with Gasteiger partial charge in [-0.3, -0.25) is 4.79 Å². The first-order chi connectivity index (χ1) is 15.3. The maximum Gasteiger partial charge on any atom is 0.251 e. The summed E-state index contributed by atoms with van der Waals surface area (Å²) in [5, 5.41) is 2.93. The Morgan fingerprint density at radius 1 is 1.06 bits per heavy atom. The number of benzene rings is 2. The number of hydrogen-bond donors (Lipinski definition) is 1. The van der Waals surface area contributed by atoms with Crippen LogP contribution in [0.25, 0.3) is 0 Å². The molecule has 1 atom stereocenters. The molecule has 4 rings (SSSR count). The molecule has 2 aromatic rings. The minimum Gasteiger partial charge on any atom is -0.490 e. The molecule has 2 saturated heterocycles. The second-order valence-corrected chi connectivity index (χ2v) is 8.20. The molecule has 31 heavy (non-hydrogen) atoms. The third kappa shape index (κ3) is 6.79. The van der Waals surface area contributed by atoms with Crippen LogP contribution in [0, 0.1) is 0 Å². The lowest BCUT2D eigenvalue weighted by molar-refractivity contribution is -0.0855. The first-order valence-electron chi connectivity index (χ1n) is 11.3. The monoisotopic (exact) mass is 424 g/mol. The summed E-state index contributed by atoms with van der Waals surface area (Å²) in [6.45, 7) is 5.34. The molecule has 1 unspecified atom stereocenters. The third-order valence-electron chi connectivity index (χ3n) is 5.87. The van der Waals surface area contributed by atoms with E-state index in [2.05, 4.69) is 40.5 Å². The Morgan fingerprint density at radius 2 is 1.90 bits per heavy atom. The van der Waals surface area contributed by atoms with Crippen LogP contribution in [0.1, 0.15) is 28.8 Å². The average molecular weight is 425 g/mol. The lowest BCUT2D eigenvalue weighted by Gasteiger charge is -2.32. The second kappa shape index (κ2) is 11.3. The molecule has 1 N–H and O–H groups in total. The number of likely N-dealkylation sites (tertiary alicyclic amines) is 1. The Labute approximate surface area is 184 Å². The molecule has 2 fully saturated rings. The van der Waals surface area contributed by atoms with Crippen LogP contribution in [0.3, 0.4) is 0 Å². The normalized spacial score (nSPS) is 20.3.